The highest BCUT2D eigenvalue weighted by Crippen LogP contribution is 2.26. The quantitative estimate of drug-likeness (QED) is 0.420. The van der Waals surface area contributed by atoms with Crippen LogP contribution in [-0.4, -0.2) is 56.1 Å². The first kappa shape index (κ1) is 20.7. The molecule has 1 atom stereocenters. The first-order chi connectivity index (χ1) is 12.7. The molecule has 0 amide bonds. The Hall–Kier alpha value is -1.60. The monoisotopic (exact) mass is 363 g/mol. The van der Waals surface area contributed by atoms with Gasteiger partial charge in [-0.2, -0.15) is 0 Å². The maximum atomic E-state index is 10.2. The maximum Gasteiger partial charge on any atom is 0.161 e. The Morgan fingerprint density at radius 1 is 1.12 bits per heavy atom. The van der Waals surface area contributed by atoms with Gasteiger partial charge in [-0.05, 0) is 37.8 Å². The van der Waals surface area contributed by atoms with E-state index >= 15 is 0 Å². The highest BCUT2D eigenvalue weighted by Gasteiger charge is 2.21. The van der Waals surface area contributed by atoms with Crippen molar-refractivity contribution >= 4 is 0 Å². The maximum absolute atomic E-state index is 10.2. The van der Waals surface area contributed by atoms with Gasteiger partial charge in [0.2, 0.25) is 0 Å². The molecule has 0 heterocycles. The van der Waals surface area contributed by atoms with E-state index in [9.17, 15) is 5.11 Å². The van der Waals surface area contributed by atoms with Gasteiger partial charge in [0.15, 0.2) is 11.5 Å². The third-order valence-corrected chi connectivity index (χ3v) is 4.58. The Bertz CT molecular complexity index is 519. The Morgan fingerprint density at radius 2 is 1.73 bits per heavy atom. The fourth-order valence-electron chi connectivity index (χ4n) is 3.17. The Morgan fingerprint density at radius 3 is 2.35 bits per heavy atom. The van der Waals surface area contributed by atoms with Crippen LogP contribution >= 0.6 is 0 Å². The summed E-state index contributed by atoms with van der Waals surface area (Å²) in [4.78, 5) is 0. The Labute approximate surface area is 156 Å². The van der Waals surface area contributed by atoms with Crippen LogP contribution in [0.15, 0.2) is 36.9 Å². The van der Waals surface area contributed by atoms with Crippen molar-refractivity contribution in [3.05, 3.63) is 36.9 Å². The van der Waals surface area contributed by atoms with Crippen LogP contribution in [0.2, 0.25) is 0 Å². The van der Waals surface area contributed by atoms with Crippen molar-refractivity contribution in [2.24, 2.45) is 5.73 Å². The lowest BCUT2D eigenvalue weighted by molar-refractivity contribution is 0.0992. The van der Waals surface area contributed by atoms with E-state index in [-0.39, 0.29) is 6.61 Å². The van der Waals surface area contributed by atoms with E-state index in [1.165, 1.54) is 0 Å². The van der Waals surface area contributed by atoms with Crippen LogP contribution in [0.1, 0.15) is 25.7 Å². The van der Waals surface area contributed by atoms with Crippen molar-refractivity contribution in [1.82, 2.24) is 10.6 Å². The second-order valence-electron chi connectivity index (χ2n) is 6.71. The summed E-state index contributed by atoms with van der Waals surface area (Å²) in [6.45, 7) is 6.40. The summed E-state index contributed by atoms with van der Waals surface area (Å²) in [7, 11) is 0. The molecule has 6 heteroatoms. The largest absolute Gasteiger partial charge is 0.487 e. The van der Waals surface area contributed by atoms with Crippen LogP contribution in [0.5, 0.6) is 11.5 Å². The third kappa shape index (κ3) is 7.33. The van der Waals surface area contributed by atoms with E-state index in [1.54, 1.807) is 6.08 Å². The summed E-state index contributed by atoms with van der Waals surface area (Å²) in [5.41, 5.74) is 5.53. The van der Waals surface area contributed by atoms with E-state index in [0.29, 0.717) is 43.3 Å². The molecule has 0 spiro atoms. The predicted octanol–water partition coefficient (Wildman–Crippen LogP) is 1.44. The lowest BCUT2D eigenvalue weighted by Crippen LogP contribution is -2.44. The molecule has 0 aliphatic heterocycles. The molecule has 1 unspecified atom stereocenters. The number of hydrogen-bond donors (Lipinski definition) is 4. The standard InChI is InChI=1S/C20H33N3O3/c1-2-13-25-19-5-3-4-6-20(19)26-15-18(24)14-23-17-9-7-16(8-10-17)22-12-11-21/h2-6,16-18,22-24H,1,7-15,21H2. The normalized spacial score (nSPS) is 21.2. The topological polar surface area (TPSA) is 88.8 Å². The zero-order valence-electron chi connectivity index (χ0n) is 15.5. The van der Waals surface area contributed by atoms with E-state index in [1.807, 2.05) is 24.3 Å². The minimum Gasteiger partial charge on any atom is -0.487 e. The van der Waals surface area contributed by atoms with Crippen molar-refractivity contribution in [3.63, 3.8) is 0 Å². The smallest absolute Gasteiger partial charge is 0.161 e. The summed E-state index contributed by atoms with van der Waals surface area (Å²) < 4.78 is 11.3. The van der Waals surface area contributed by atoms with Gasteiger partial charge < -0.3 is 30.9 Å². The van der Waals surface area contributed by atoms with Gasteiger partial charge in [0, 0.05) is 31.7 Å². The first-order valence-electron chi connectivity index (χ1n) is 9.53. The molecule has 26 heavy (non-hydrogen) atoms. The van der Waals surface area contributed by atoms with E-state index in [2.05, 4.69) is 17.2 Å². The summed E-state index contributed by atoms with van der Waals surface area (Å²) in [6.07, 6.45) is 5.67. The SMILES string of the molecule is C=CCOc1ccccc1OCC(O)CNC1CCC(NCCN)CC1. The molecule has 1 aliphatic carbocycles. The predicted molar refractivity (Wildman–Crippen MR) is 105 cm³/mol. The van der Waals surface area contributed by atoms with E-state index in [4.69, 9.17) is 15.2 Å². The number of ether oxygens (including phenoxy) is 2. The van der Waals surface area contributed by atoms with Gasteiger partial charge in [-0.3, -0.25) is 0 Å². The number of rotatable bonds is 12. The molecule has 146 valence electrons. The number of aliphatic hydroxyl groups is 1. The van der Waals surface area contributed by atoms with Crippen LogP contribution in [-0.2, 0) is 0 Å². The van der Waals surface area contributed by atoms with Gasteiger partial charge in [-0.1, -0.05) is 24.8 Å². The Kier molecular flexibility index (Phi) is 9.48. The number of nitrogens with two attached hydrogens (primary N) is 1. The summed E-state index contributed by atoms with van der Waals surface area (Å²) in [5, 5.41) is 17.1. The molecule has 0 aromatic heterocycles. The molecule has 1 aromatic carbocycles. The molecule has 2 rings (SSSR count). The van der Waals surface area contributed by atoms with Crippen molar-refractivity contribution in [2.75, 3.05) is 32.8 Å². The van der Waals surface area contributed by atoms with Crippen LogP contribution in [0.4, 0.5) is 0 Å². The molecule has 6 nitrogen and oxygen atoms in total. The number of hydrogen-bond acceptors (Lipinski definition) is 6. The van der Waals surface area contributed by atoms with Gasteiger partial charge >= 0.3 is 0 Å². The van der Waals surface area contributed by atoms with Gasteiger partial charge in [-0.15, -0.1) is 0 Å². The molecule has 0 saturated heterocycles. The van der Waals surface area contributed by atoms with Gasteiger partial charge in [0.05, 0.1) is 0 Å². The lowest BCUT2D eigenvalue weighted by atomic mass is 9.91. The average molecular weight is 364 g/mol. The van der Waals surface area contributed by atoms with Crippen molar-refractivity contribution in [2.45, 2.75) is 43.9 Å². The van der Waals surface area contributed by atoms with Crippen LogP contribution in [0.25, 0.3) is 0 Å². The zero-order chi connectivity index (χ0) is 18.6. The second kappa shape index (κ2) is 11.9. The number of nitrogens with one attached hydrogen (secondary N) is 2. The third-order valence-electron chi connectivity index (χ3n) is 4.58. The summed E-state index contributed by atoms with van der Waals surface area (Å²) >= 11 is 0. The van der Waals surface area contributed by atoms with Gasteiger partial charge in [-0.25, -0.2) is 0 Å². The lowest BCUT2D eigenvalue weighted by Gasteiger charge is -2.30. The zero-order valence-corrected chi connectivity index (χ0v) is 15.5. The number of para-hydroxylation sites is 2. The molecule has 0 radical (unpaired) electrons. The number of benzene rings is 1. The van der Waals surface area contributed by atoms with Crippen LogP contribution < -0.4 is 25.8 Å². The first-order valence-corrected chi connectivity index (χ1v) is 9.53. The fraction of sp³-hybridized carbons (Fsp3) is 0.600. The molecule has 1 aromatic rings. The molecular formula is C20H33N3O3. The highest BCUT2D eigenvalue weighted by molar-refractivity contribution is 5.39. The van der Waals surface area contributed by atoms with Crippen molar-refractivity contribution in [3.8, 4) is 11.5 Å². The molecular weight excluding hydrogens is 330 g/mol. The second-order valence-corrected chi connectivity index (χ2v) is 6.71. The van der Waals surface area contributed by atoms with E-state index < -0.39 is 6.10 Å². The van der Waals surface area contributed by atoms with Gasteiger partial charge in [0.1, 0.15) is 19.3 Å². The van der Waals surface area contributed by atoms with Crippen LogP contribution in [0, 0.1) is 0 Å². The minimum absolute atomic E-state index is 0.231. The average Bonchev–Trinajstić information content (AvgIpc) is 2.69. The van der Waals surface area contributed by atoms with Crippen molar-refractivity contribution < 1.29 is 14.6 Å². The summed E-state index contributed by atoms with van der Waals surface area (Å²) in [5.74, 6) is 1.30. The molecule has 1 aliphatic rings. The fourth-order valence-corrected chi connectivity index (χ4v) is 3.17. The van der Waals surface area contributed by atoms with Crippen LogP contribution in [0.3, 0.4) is 0 Å². The van der Waals surface area contributed by atoms with Gasteiger partial charge in [0.25, 0.3) is 0 Å². The highest BCUT2D eigenvalue weighted by atomic mass is 16.5. The van der Waals surface area contributed by atoms with E-state index in [0.717, 1.165) is 32.2 Å². The molecule has 1 saturated carbocycles. The molecule has 5 N–H and O–H groups in total. The minimum atomic E-state index is -0.560. The molecule has 1 fully saturated rings. The number of aliphatic hydroxyl groups excluding tert-OH is 1. The van der Waals surface area contributed by atoms with Crippen molar-refractivity contribution in [1.29, 1.82) is 0 Å². The molecule has 0 bridgehead atoms. The Balaban J connectivity index is 1.65. The summed E-state index contributed by atoms with van der Waals surface area (Å²) in [6, 6.07) is 8.51.